The standard InChI is InChI=1S/C10H14N2O4/c1-16-5-2-3-6(7(11)4-5)8(13)9(14)10(12)15/h2-4,8-9,13-14H,11H2,1H3,(H2,12,15). The first kappa shape index (κ1) is 12.3. The van der Waals surface area contributed by atoms with Crippen LogP contribution in [0.2, 0.25) is 0 Å². The summed E-state index contributed by atoms with van der Waals surface area (Å²) in [6.07, 6.45) is -3.13. The van der Waals surface area contributed by atoms with Crippen LogP contribution in [-0.2, 0) is 4.79 Å². The number of hydrogen-bond acceptors (Lipinski definition) is 5. The Morgan fingerprint density at radius 1 is 1.44 bits per heavy atom. The number of hydrogen-bond donors (Lipinski definition) is 4. The van der Waals surface area contributed by atoms with E-state index in [2.05, 4.69) is 0 Å². The van der Waals surface area contributed by atoms with Gasteiger partial charge in [0.05, 0.1) is 7.11 Å². The van der Waals surface area contributed by atoms with Crippen LogP contribution in [-0.4, -0.2) is 29.3 Å². The summed E-state index contributed by atoms with van der Waals surface area (Å²) in [5.74, 6) is -0.496. The Balaban J connectivity index is 3.00. The molecule has 1 aromatic rings. The number of ether oxygens (including phenoxy) is 1. The summed E-state index contributed by atoms with van der Waals surface area (Å²) >= 11 is 0. The van der Waals surface area contributed by atoms with Gasteiger partial charge in [0.15, 0.2) is 6.10 Å². The van der Waals surface area contributed by atoms with E-state index in [0.717, 1.165) is 0 Å². The van der Waals surface area contributed by atoms with Crippen molar-refractivity contribution in [3.05, 3.63) is 23.8 Å². The quantitative estimate of drug-likeness (QED) is 0.499. The number of carbonyl (C=O) groups excluding carboxylic acids is 1. The summed E-state index contributed by atoms with van der Waals surface area (Å²) in [6.45, 7) is 0. The molecule has 0 aliphatic carbocycles. The normalized spacial score (nSPS) is 14.2. The average Bonchev–Trinajstić information content (AvgIpc) is 2.26. The lowest BCUT2D eigenvalue weighted by Crippen LogP contribution is -2.34. The first-order valence-corrected chi connectivity index (χ1v) is 4.56. The minimum Gasteiger partial charge on any atom is -0.497 e. The van der Waals surface area contributed by atoms with Gasteiger partial charge in [0.25, 0.3) is 0 Å². The van der Waals surface area contributed by atoms with E-state index in [0.29, 0.717) is 5.75 Å². The molecule has 0 saturated heterocycles. The summed E-state index contributed by atoms with van der Waals surface area (Å²) < 4.78 is 4.92. The van der Waals surface area contributed by atoms with Gasteiger partial charge < -0.3 is 26.4 Å². The van der Waals surface area contributed by atoms with Crippen LogP contribution < -0.4 is 16.2 Å². The maximum absolute atomic E-state index is 10.7. The minimum atomic E-state index is -1.68. The molecule has 0 saturated carbocycles. The van der Waals surface area contributed by atoms with Crippen molar-refractivity contribution in [2.24, 2.45) is 5.73 Å². The summed E-state index contributed by atoms with van der Waals surface area (Å²) in [4.78, 5) is 10.7. The fourth-order valence-electron chi connectivity index (χ4n) is 1.27. The molecule has 1 aromatic carbocycles. The number of anilines is 1. The molecule has 0 bridgehead atoms. The Bertz CT molecular complexity index is 394. The van der Waals surface area contributed by atoms with Crippen molar-refractivity contribution in [3.8, 4) is 5.75 Å². The van der Waals surface area contributed by atoms with Crippen LogP contribution in [0, 0.1) is 0 Å². The zero-order valence-electron chi connectivity index (χ0n) is 8.75. The highest BCUT2D eigenvalue weighted by Gasteiger charge is 2.25. The topological polar surface area (TPSA) is 119 Å². The number of benzene rings is 1. The van der Waals surface area contributed by atoms with Gasteiger partial charge in [-0.2, -0.15) is 0 Å². The van der Waals surface area contributed by atoms with Crippen LogP contribution in [0.25, 0.3) is 0 Å². The number of aliphatic hydroxyl groups is 2. The van der Waals surface area contributed by atoms with Crippen molar-refractivity contribution >= 4 is 11.6 Å². The van der Waals surface area contributed by atoms with Gasteiger partial charge in [-0.3, -0.25) is 4.79 Å². The Kier molecular flexibility index (Phi) is 3.70. The lowest BCUT2D eigenvalue weighted by atomic mass is 10.0. The Morgan fingerprint density at radius 3 is 2.50 bits per heavy atom. The highest BCUT2D eigenvalue weighted by molar-refractivity contribution is 5.79. The van der Waals surface area contributed by atoms with Crippen molar-refractivity contribution in [3.63, 3.8) is 0 Å². The van der Waals surface area contributed by atoms with Gasteiger partial charge in [-0.25, -0.2) is 0 Å². The lowest BCUT2D eigenvalue weighted by Gasteiger charge is -2.17. The second-order valence-corrected chi connectivity index (χ2v) is 3.29. The van der Waals surface area contributed by atoms with Gasteiger partial charge in [-0.05, 0) is 6.07 Å². The van der Waals surface area contributed by atoms with E-state index in [1.54, 1.807) is 6.07 Å². The summed E-state index contributed by atoms with van der Waals surface area (Å²) in [6, 6.07) is 4.50. The van der Waals surface area contributed by atoms with Crippen LogP contribution >= 0.6 is 0 Å². The number of methoxy groups -OCH3 is 1. The van der Waals surface area contributed by atoms with Crippen LogP contribution in [0.5, 0.6) is 5.75 Å². The SMILES string of the molecule is COc1ccc(C(O)C(O)C(N)=O)c(N)c1. The maximum atomic E-state index is 10.7. The maximum Gasteiger partial charge on any atom is 0.249 e. The second kappa shape index (κ2) is 4.82. The number of nitrogens with two attached hydrogens (primary N) is 2. The zero-order chi connectivity index (χ0) is 12.3. The molecule has 0 heterocycles. The highest BCUT2D eigenvalue weighted by atomic mass is 16.5. The minimum absolute atomic E-state index is 0.215. The van der Waals surface area contributed by atoms with E-state index < -0.39 is 18.1 Å². The van der Waals surface area contributed by atoms with Crippen LogP contribution in [0.3, 0.4) is 0 Å². The van der Waals surface area contributed by atoms with E-state index in [9.17, 15) is 15.0 Å². The second-order valence-electron chi connectivity index (χ2n) is 3.29. The largest absolute Gasteiger partial charge is 0.497 e. The van der Waals surface area contributed by atoms with Gasteiger partial charge >= 0.3 is 0 Å². The number of carbonyl (C=O) groups is 1. The van der Waals surface area contributed by atoms with Crippen LogP contribution in [0.15, 0.2) is 18.2 Å². The number of aliphatic hydroxyl groups excluding tert-OH is 2. The van der Waals surface area contributed by atoms with E-state index in [1.165, 1.54) is 19.2 Å². The molecule has 0 fully saturated rings. The fourth-order valence-corrected chi connectivity index (χ4v) is 1.27. The molecule has 0 aliphatic heterocycles. The molecule has 0 spiro atoms. The molecule has 1 rings (SSSR count). The molecule has 6 nitrogen and oxygen atoms in total. The van der Waals surface area contributed by atoms with E-state index in [4.69, 9.17) is 16.2 Å². The van der Waals surface area contributed by atoms with Gasteiger partial charge in [-0.15, -0.1) is 0 Å². The van der Waals surface area contributed by atoms with Gasteiger partial charge in [0, 0.05) is 17.3 Å². The molecule has 6 N–H and O–H groups in total. The first-order valence-electron chi connectivity index (χ1n) is 4.56. The molecule has 0 radical (unpaired) electrons. The molecular formula is C10H14N2O4. The zero-order valence-corrected chi connectivity index (χ0v) is 8.75. The van der Waals surface area contributed by atoms with Gasteiger partial charge in [0.2, 0.25) is 5.91 Å². The molecule has 1 amide bonds. The number of nitrogen functional groups attached to an aromatic ring is 1. The third kappa shape index (κ3) is 2.41. The summed E-state index contributed by atoms with van der Waals surface area (Å²) in [5, 5.41) is 18.9. The van der Waals surface area contributed by atoms with Crippen LogP contribution in [0.4, 0.5) is 5.69 Å². The number of primary amides is 1. The molecule has 16 heavy (non-hydrogen) atoms. The van der Waals surface area contributed by atoms with Gasteiger partial charge in [0.1, 0.15) is 11.9 Å². The summed E-state index contributed by atoms with van der Waals surface area (Å²) in [7, 11) is 1.48. The van der Waals surface area contributed by atoms with Crippen molar-refractivity contribution in [1.82, 2.24) is 0 Å². The third-order valence-corrected chi connectivity index (χ3v) is 2.20. The predicted molar refractivity (Wildman–Crippen MR) is 57.6 cm³/mol. The Labute approximate surface area is 92.4 Å². The average molecular weight is 226 g/mol. The van der Waals surface area contributed by atoms with Crippen molar-refractivity contribution in [1.29, 1.82) is 0 Å². The summed E-state index contributed by atoms with van der Waals surface area (Å²) in [5.41, 5.74) is 10.9. The number of rotatable bonds is 4. The number of amides is 1. The van der Waals surface area contributed by atoms with E-state index >= 15 is 0 Å². The Hall–Kier alpha value is -1.79. The molecule has 2 unspecified atom stereocenters. The predicted octanol–water partition coefficient (Wildman–Crippen LogP) is -0.843. The molecular weight excluding hydrogens is 212 g/mol. The molecule has 6 heteroatoms. The molecule has 88 valence electrons. The fraction of sp³-hybridized carbons (Fsp3) is 0.300. The van der Waals surface area contributed by atoms with Crippen molar-refractivity contribution in [2.45, 2.75) is 12.2 Å². The molecule has 0 aliphatic rings. The van der Waals surface area contributed by atoms with Crippen molar-refractivity contribution < 1.29 is 19.7 Å². The Morgan fingerprint density at radius 2 is 2.06 bits per heavy atom. The monoisotopic (exact) mass is 226 g/mol. The van der Waals surface area contributed by atoms with Crippen molar-refractivity contribution in [2.75, 3.05) is 12.8 Å². The molecule has 2 atom stereocenters. The lowest BCUT2D eigenvalue weighted by molar-refractivity contribution is -0.131. The van der Waals surface area contributed by atoms with Crippen LogP contribution in [0.1, 0.15) is 11.7 Å². The molecule has 0 aromatic heterocycles. The first-order chi connectivity index (χ1) is 7.47. The highest BCUT2D eigenvalue weighted by Crippen LogP contribution is 2.26. The van der Waals surface area contributed by atoms with E-state index in [-0.39, 0.29) is 11.3 Å². The van der Waals surface area contributed by atoms with Gasteiger partial charge in [-0.1, -0.05) is 6.07 Å². The third-order valence-electron chi connectivity index (χ3n) is 2.20. The van der Waals surface area contributed by atoms with E-state index in [1.807, 2.05) is 0 Å². The smallest absolute Gasteiger partial charge is 0.249 e.